The molecule has 1 fully saturated rings. The first-order valence-corrected chi connectivity index (χ1v) is 8.31. The van der Waals surface area contributed by atoms with Crippen molar-refractivity contribution in [2.75, 3.05) is 13.3 Å². The topological polar surface area (TPSA) is 74.7 Å². The van der Waals surface area contributed by atoms with Crippen molar-refractivity contribution in [3.8, 4) is 0 Å². The first-order valence-electron chi connectivity index (χ1n) is 6.75. The summed E-state index contributed by atoms with van der Waals surface area (Å²) in [5, 5.41) is 8.89. The summed E-state index contributed by atoms with van der Waals surface area (Å²) >= 11 is 0. The lowest BCUT2D eigenvalue weighted by Gasteiger charge is -2.25. The highest BCUT2D eigenvalue weighted by Gasteiger charge is 2.49. The summed E-state index contributed by atoms with van der Waals surface area (Å²) in [6.07, 6.45) is 2.05. The molecule has 4 atom stereocenters. The van der Waals surface area contributed by atoms with Crippen molar-refractivity contribution in [2.24, 2.45) is 11.8 Å². The molecule has 0 radical (unpaired) electrons. The maximum Gasteiger partial charge on any atom is 0.307 e. The van der Waals surface area contributed by atoms with Crippen LogP contribution < -0.4 is 0 Å². The average molecular weight is 309 g/mol. The number of benzene rings is 1. The Morgan fingerprint density at radius 1 is 1.29 bits per heavy atom. The van der Waals surface area contributed by atoms with Crippen LogP contribution in [-0.2, 0) is 20.4 Å². The van der Waals surface area contributed by atoms with Gasteiger partial charge in [-0.25, -0.2) is 0 Å². The van der Waals surface area contributed by atoms with Crippen LogP contribution in [0.25, 0.3) is 0 Å². The molecule has 6 heteroatoms. The summed E-state index contributed by atoms with van der Waals surface area (Å²) in [5.41, 5.74) is 0.938. The van der Waals surface area contributed by atoms with Gasteiger partial charge in [0, 0.05) is 29.0 Å². The van der Waals surface area contributed by atoms with Crippen molar-refractivity contribution in [1.82, 2.24) is 4.90 Å². The van der Waals surface area contributed by atoms with Gasteiger partial charge in [-0.3, -0.25) is 13.8 Å². The van der Waals surface area contributed by atoms with Gasteiger partial charge in [0.15, 0.2) is 0 Å². The van der Waals surface area contributed by atoms with Crippen LogP contribution in [0.2, 0.25) is 0 Å². The molecular weight excluding hydrogens is 290 g/mol. The quantitative estimate of drug-likeness (QED) is 0.897. The molecule has 1 aliphatic rings. The summed E-state index contributed by atoms with van der Waals surface area (Å²) in [7, 11) is 0.667. The van der Waals surface area contributed by atoms with E-state index in [0.717, 1.165) is 10.5 Å². The van der Waals surface area contributed by atoms with Gasteiger partial charge in [0.25, 0.3) is 0 Å². The van der Waals surface area contributed by atoms with Crippen molar-refractivity contribution in [2.45, 2.75) is 24.3 Å². The molecule has 5 nitrogen and oxygen atoms in total. The predicted molar refractivity (Wildman–Crippen MR) is 79.2 cm³/mol. The van der Waals surface area contributed by atoms with Gasteiger partial charge in [-0.2, -0.15) is 0 Å². The summed E-state index contributed by atoms with van der Waals surface area (Å²) in [6, 6.07) is 7.14. The number of rotatable bonds is 5. The number of hydrogen-bond acceptors (Lipinski definition) is 3. The highest BCUT2D eigenvalue weighted by molar-refractivity contribution is 7.84. The van der Waals surface area contributed by atoms with Gasteiger partial charge in [0.05, 0.1) is 17.9 Å². The van der Waals surface area contributed by atoms with Crippen molar-refractivity contribution in [1.29, 1.82) is 0 Å². The lowest BCUT2D eigenvalue weighted by molar-refractivity contribution is -0.142. The van der Waals surface area contributed by atoms with Crippen molar-refractivity contribution < 1.29 is 18.9 Å². The minimum absolute atomic E-state index is 0.127. The van der Waals surface area contributed by atoms with E-state index in [-0.39, 0.29) is 11.9 Å². The molecule has 21 heavy (non-hydrogen) atoms. The highest BCUT2D eigenvalue weighted by Crippen LogP contribution is 2.41. The van der Waals surface area contributed by atoms with E-state index in [2.05, 4.69) is 0 Å². The van der Waals surface area contributed by atoms with Gasteiger partial charge in [-0.15, -0.1) is 0 Å². The predicted octanol–water partition coefficient (Wildman–Crippen LogP) is 1.66. The number of hydrogen-bond donors (Lipinski definition) is 1. The van der Waals surface area contributed by atoms with Crippen LogP contribution in [0, 0.1) is 11.8 Å². The average Bonchev–Trinajstić information content (AvgIpc) is 3.25. The van der Waals surface area contributed by atoms with Gasteiger partial charge in [-0.05, 0) is 31.0 Å². The zero-order valence-electron chi connectivity index (χ0n) is 12.3. The lowest BCUT2D eigenvalue weighted by atomic mass is 10.1. The minimum atomic E-state index is -1.02. The number of nitrogens with zero attached hydrogens (tertiary/aromatic N) is 1. The second-order valence-electron chi connectivity index (χ2n) is 5.44. The summed E-state index contributed by atoms with van der Waals surface area (Å²) < 4.78 is 11.4. The Balaban J connectivity index is 2.05. The molecule has 0 heterocycles. The minimum Gasteiger partial charge on any atom is -0.481 e. The summed E-state index contributed by atoms with van der Waals surface area (Å²) in [4.78, 5) is 25.4. The van der Waals surface area contributed by atoms with E-state index in [1.54, 1.807) is 30.3 Å². The van der Waals surface area contributed by atoms with E-state index in [9.17, 15) is 13.8 Å². The first-order chi connectivity index (χ1) is 9.82. The Bertz CT molecular complexity index is 584. The molecule has 1 aliphatic carbocycles. The largest absolute Gasteiger partial charge is 0.481 e. The smallest absolute Gasteiger partial charge is 0.307 e. The maximum atomic E-state index is 12.2. The second-order valence-corrected chi connectivity index (χ2v) is 6.81. The Kier molecular flexibility index (Phi) is 4.46. The third-order valence-corrected chi connectivity index (χ3v) is 4.98. The molecule has 2 rings (SSSR count). The Morgan fingerprint density at radius 2 is 1.86 bits per heavy atom. The van der Waals surface area contributed by atoms with Crippen molar-refractivity contribution >= 4 is 22.7 Å². The third kappa shape index (κ3) is 3.32. The Morgan fingerprint density at radius 3 is 2.29 bits per heavy atom. The number of amides is 1. The van der Waals surface area contributed by atoms with Gasteiger partial charge in [0.1, 0.15) is 0 Å². The lowest BCUT2D eigenvalue weighted by Crippen LogP contribution is -2.31. The molecule has 1 N–H and O–H groups in total. The Hall–Kier alpha value is -1.69. The summed E-state index contributed by atoms with van der Waals surface area (Å²) in [6.45, 7) is 1.90. The first kappa shape index (κ1) is 15.7. The molecule has 4 unspecified atom stereocenters. The molecule has 0 spiro atoms. The summed E-state index contributed by atoms with van der Waals surface area (Å²) in [5.74, 6) is -1.95. The number of carbonyl (C=O) groups excluding carboxylic acids is 1. The fourth-order valence-electron chi connectivity index (χ4n) is 2.35. The van der Waals surface area contributed by atoms with E-state index in [1.807, 2.05) is 19.1 Å². The molecule has 1 aromatic rings. The van der Waals surface area contributed by atoms with Crippen molar-refractivity contribution in [3.05, 3.63) is 29.8 Å². The van der Waals surface area contributed by atoms with Crippen LogP contribution in [0.4, 0.5) is 0 Å². The zero-order valence-corrected chi connectivity index (χ0v) is 13.1. The van der Waals surface area contributed by atoms with Crippen LogP contribution >= 0.6 is 0 Å². The molecular formula is C15H19NO4S. The molecule has 0 aromatic heterocycles. The molecule has 1 aromatic carbocycles. The zero-order chi connectivity index (χ0) is 15.7. The SMILES string of the molecule is CC(c1ccc(S(C)=O)cc1)N(C)C(=O)C1CC1C(=O)O. The van der Waals surface area contributed by atoms with Gasteiger partial charge in [-0.1, -0.05) is 12.1 Å². The molecule has 1 saturated carbocycles. The highest BCUT2D eigenvalue weighted by atomic mass is 32.2. The number of carboxylic acids is 1. The van der Waals surface area contributed by atoms with Crippen molar-refractivity contribution in [3.63, 3.8) is 0 Å². The third-order valence-electron chi connectivity index (χ3n) is 4.05. The Labute approximate surface area is 126 Å². The monoisotopic (exact) mass is 309 g/mol. The van der Waals surface area contributed by atoms with E-state index in [1.165, 1.54) is 0 Å². The second kappa shape index (κ2) is 5.97. The standard InChI is InChI=1S/C15H19NO4S/c1-9(10-4-6-11(7-5-10)21(3)20)16(2)14(17)12-8-13(12)15(18)19/h4-7,9,12-13H,8H2,1-3H3,(H,18,19). The van der Waals surface area contributed by atoms with E-state index >= 15 is 0 Å². The van der Waals surface area contributed by atoms with Crippen LogP contribution in [-0.4, -0.2) is 39.4 Å². The van der Waals surface area contributed by atoms with Crippen LogP contribution in [0.1, 0.15) is 24.9 Å². The molecule has 0 saturated heterocycles. The normalized spacial score (nSPS) is 23.2. The van der Waals surface area contributed by atoms with Crippen LogP contribution in [0.5, 0.6) is 0 Å². The molecule has 114 valence electrons. The van der Waals surface area contributed by atoms with E-state index in [0.29, 0.717) is 6.42 Å². The maximum absolute atomic E-state index is 12.2. The van der Waals surface area contributed by atoms with Gasteiger partial charge in [0.2, 0.25) is 5.91 Å². The van der Waals surface area contributed by atoms with E-state index < -0.39 is 28.6 Å². The van der Waals surface area contributed by atoms with Crippen LogP contribution in [0.3, 0.4) is 0 Å². The molecule has 1 amide bonds. The number of carboxylic acid groups (broad SMARTS) is 1. The van der Waals surface area contributed by atoms with Gasteiger partial charge >= 0.3 is 5.97 Å². The fourth-order valence-corrected chi connectivity index (χ4v) is 2.87. The van der Waals surface area contributed by atoms with Gasteiger partial charge < -0.3 is 10.0 Å². The molecule has 0 bridgehead atoms. The van der Waals surface area contributed by atoms with Crippen LogP contribution in [0.15, 0.2) is 29.2 Å². The number of carbonyl (C=O) groups is 2. The van der Waals surface area contributed by atoms with E-state index in [4.69, 9.17) is 5.11 Å². The number of aliphatic carboxylic acids is 1. The molecule has 0 aliphatic heterocycles. The fraction of sp³-hybridized carbons (Fsp3) is 0.467.